The van der Waals surface area contributed by atoms with Gasteiger partial charge in [-0.3, -0.25) is 0 Å². The van der Waals surface area contributed by atoms with Crippen LogP contribution < -0.4 is 5.73 Å². The fourth-order valence-electron chi connectivity index (χ4n) is 2.82. The monoisotopic (exact) mass is 214 g/mol. The van der Waals surface area contributed by atoms with Crippen molar-refractivity contribution in [3.8, 4) is 0 Å². The lowest BCUT2D eigenvalue weighted by atomic mass is 9.76. The molecule has 0 aliphatic carbocycles. The maximum atomic E-state index is 6.46. The molecular weight excluding hydrogens is 184 g/mol. The van der Waals surface area contributed by atoms with Crippen LogP contribution in [0.2, 0.25) is 0 Å². The zero-order valence-electron chi connectivity index (χ0n) is 11.5. The largest absolute Gasteiger partial charge is 0.326 e. The number of hydrogen-bond donors (Lipinski definition) is 1. The summed E-state index contributed by atoms with van der Waals surface area (Å²) in [7, 11) is 4.32. The summed E-state index contributed by atoms with van der Waals surface area (Å²) >= 11 is 0. The summed E-state index contributed by atoms with van der Waals surface area (Å²) in [5.74, 6) is 0.609. The first kappa shape index (κ1) is 14.9. The van der Waals surface area contributed by atoms with Crippen LogP contribution in [-0.2, 0) is 0 Å². The first-order valence-electron chi connectivity index (χ1n) is 6.39. The Morgan fingerprint density at radius 1 is 1.13 bits per heavy atom. The minimum absolute atomic E-state index is 0.175. The van der Waals surface area contributed by atoms with Crippen molar-refractivity contribution >= 4 is 0 Å². The summed E-state index contributed by atoms with van der Waals surface area (Å²) in [6.07, 6.45) is 4.72. The summed E-state index contributed by atoms with van der Waals surface area (Å²) in [5.41, 5.74) is 6.64. The molecule has 0 saturated heterocycles. The van der Waals surface area contributed by atoms with Crippen molar-refractivity contribution in [3.63, 3.8) is 0 Å². The molecule has 0 aromatic carbocycles. The van der Waals surface area contributed by atoms with Gasteiger partial charge >= 0.3 is 0 Å². The third-order valence-corrected chi connectivity index (χ3v) is 4.09. The Bertz CT molecular complexity index is 162. The first-order valence-corrected chi connectivity index (χ1v) is 6.39. The van der Waals surface area contributed by atoms with Gasteiger partial charge in [-0.15, -0.1) is 0 Å². The van der Waals surface area contributed by atoms with E-state index in [0.717, 1.165) is 12.8 Å². The molecule has 0 bridgehead atoms. The molecule has 2 atom stereocenters. The molecule has 2 heteroatoms. The van der Waals surface area contributed by atoms with Gasteiger partial charge in [-0.2, -0.15) is 0 Å². The van der Waals surface area contributed by atoms with Gasteiger partial charge in [0.25, 0.3) is 0 Å². The standard InChI is InChI=1S/C13H30N2/c1-7-10-11(4)12(14)13(8-2,9-3)15(5)6/h11-12H,7-10,14H2,1-6H3. The molecule has 2 nitrogen and oxygen atoms in total. The molecule has 0 rings (SSSR count). The van der Waals surface area contributed by atoms with E-state index >= 15 is 0 Å². The lowest BCUT2D eigenvalue weighted by molar-refractivity contribution is 0.0800. The molecule has 0 aliphatic heterocycles. The van der Waals surface area contributed by atoms with Gasteiger partial charge in [0, 0.05) is 11.6 Å². The summed E-state index contributed by atoms with van der Waals surface area (Å²) < 4.78 is 0. The summed E-state index contributed by atoms with van der Waals surface area (Å²) in [5, 5.41) is 0. The first-order chi connectivity index (χ1) is 6.96. The molecule has 2 unspecified atom stereocenters. The van der Waals surface area contributed by atoms with E-state index in [4.69, 9.17) is 5.73 Å². The van der Waals surface area contributed by atoms with Crippen molar-refractivity contribution < 1.29 is 0 Å². The average Bonchev–Trinajstić information content (AvgIpc) is 2.20. The van der Waals surface area contributed by atoms with E-state index in [-0.39, 0.29) is 11.6 Å². The van der Waals surface area contributed by atoms with E-state index in [1.54, 1.807) is 0 Å². The highest BCUT2D eigenvalue weighted by atomic mass is 15.2. The third-order valence-electron chi connectivity index (χ3n) is 4.09. The van der Waals surface area contributed by atoms with E-state index < -0.39 is 0 Å². The Balaban J connectivity index is 4.74. The summed E-state index contributed by atoms with van der Waals surface area (Å²) in [6, 6.07) is 0.280. The highest BCUT2D eigenvalue weighted by molar-refractivity contribution is 4.97. The van der Waals surface area contributed by atoms with Crippen molar-refractivity contribution in [1.82, 2.24) is 4.90 Å². The highest BCUT2D eigenvalue weighted by Crippen LogP contribution is 2.30. The van der Waals surface area contributed by atoms with E-state index in [2.05, 4.69) is 46.7 Å². The second-order valence-electron chi connectivity index (χ2n) is 5.00. The van der Waals surface area contributed by atoms with Gasteiger partial charge in [0.15, 0.2) is 0 Å². The zero-order chi connectivity index (χ0) is 12.1. The van der Waals surface area contributed by atoms with E-state index in [1.807, 2.05) is 0 Å². The smallest absolute Gasteiger partial charge is 0.0351 e. The number of hydrogen-bond acceptors (Lipinski definition) is 2. The van der Waals surface area contributed by atoms with Gasteiger partial charge in [-0.1, -0.05) is 34.1 Å². The topological polar surface area (TPSA) is 29.3 Å². The van der Waals surface area contributed by atoms with Crippen molar-refractivity contribution in [2.45, 2.75) is 65.0 Å². The van der Waals surface area contributed by atoms with Crippen LogP contribution in [0.3, 0.4) is 0 Å². The van der Waals surface area contributed by atoms with Crippen molar-refractivity contribution in [2.75, 3.05) is 14.1 Å². The van der Waals surface area contributed by atoms with Crippen LogP contribution in [0.25, 0.3) is 0 Å². The average molecular weight is 214 g/mol. The Kier molecular flexibility index (Phi) is 6.46. The van der Waals surface area contributed by atoms with Crippen LogP contribution in [0.1, 0.15) is 53.4 Å². The molecule has 92 valence electrons. The number of nitrogens with two attached hydrogens (primary N) is 1. The zero-order valence-corrected chi connectivity index (χ0v) is 11.5. The fourth-order valence-corrected chi connectivity index (χ4v) is 2.82. The second-order valence-corrected chi connectivity index (χ2v) is 5.00. The normalized spacial score (nSPS) is 16.8. The summed E-state index contributed by atoms with van der Waals surface area (Å²) in [6.45, 7) is 9.03. The minimum atomic E-state index is 0.175. The van der Waals surface area contributed by atoms with E-state index in [1.165, 1.54) is 12.8 Å². The molecule has 15 heavy (non-hydrogen) atoms. The Morgan fingerprint density at radius 2 is 1.60 bits per heavy atom. The molecule has 0 aromatic rings. The second kappa shape index (κ2) is 6.49. The predicted octanol–water partition coefficient (Wildman–Crippen LogP) is 2.87. The third kappa shape index (κ3) is 3.18. The Hall–Kier alpha value is -0.0800. The molecule has 0 amide bonds. The van der Waals surface area contributed by atoms with Gasteiger partial charge in [-0.05, 0) is 39.3 Å². The van der Waals surface area contributed by atoms with Gasteiger partial charge in [0.1, 0.15) is 0 Å². The maximum Gasteiger partial charge on any atom is 0.0351 e. The number of rotatable bonds is 7. The number of likely N-dealkylation sites (N-methyl/N-ethyl adjacent to an activating group) is 1. The van der Waals surface area contributed by atoms with Crippen LogP contribution in [0.5, 0.6) is 0 Å². The fraction of sp³-hybridized carbons (Fsp3) is 1.00. The lowest BCUT2D eigenvalue weighted by Gasteiger charge is -2.46. The van der Waals surface area contributed by atoms with E-state index in [0.29, 0.717) is 5.92 Å². The van der Waals surface area contributed by atoms with Crippen LogP contribution in [0.4, 0.5) is 0 Å². The van der Waals surface area contributed by atoms with Gasteiger partial charge in [0.2, 0.25) is 0 Å². The van der Waals surface area contributed by atoms with E-state index in [9.17, 15) is 0 Å². The van der Waals surface area contributed by atoms with Crippen LogP contribution >= 0.6 is 0 Å². The highest BCUT2D eigenvalue weighted by Gasteiger charge is 2.37. The molecule has 0 heterocycles. The Morgan fingerprint density at radius 3 is 1.87 bits per heavy atom. The van der Waals surface area contributed by atoms with Crippen LogP contribution in [0, 0.1) is 5.92 Å². The molecule has 0 radical (unpaired) electrons. The quantitative estimate of drug-likeness (QED) is 0.706. The van der Waals surface area contributed by atoms with Gasteiger partial charge in [-0.25, -0.2) is 0 Å². The molecule has 2 N–H and O–H groups in total. The predicted molar refractivity (Wildman–Crippen MR) is 69.0 cm³/mol. The maximum absolute atomic E-state index is 6.46. The number of nitrogens with zero attached hydrogens (tertiary/aromatic N) is 1. The molecule has 0 saturated carbocycles. The SMILES string of the molecule is CCCC(C)C(N)C(CC)(CC)N(C)C. The molecule has 0 aromatic heterocycles. The van der Waals surface area contributed by atoms with Crippen molar-refractivity contribution in [2.24, 2.45) is 11.7 Å². The van der Waals surface area contributed by atoms with Crippen molar-refractivity contribution in [1.29, 1.82) is 0 Å². The molecule has 0 aliphatic rings. The Labute approximate surface area is 96.2 Å². The summed E-state index contributed by atoms with van der Waals surface area (Å²) in [4.78, 5) is 2.32. The van der Waals surface area contributed by atoms with Crippen LogP contribution in [0.15, 0.2) is 0 Å². The molecular formula is C13H30N2. The van der Waals surface area contributed by atoms with Gasteiger partial charge in [0.05, 0.1) is 0 Å². The van der Waals surface area contributed by atoms with Gasteiger partial charge < -0.3 is 10.6 Å². The molecule has 0 spiro atoms. The minimum Gasteiger partial charge on any atom is -0.326 e. The molecule has 0 fully saturated rings. The van der Waals surface area contributed by atoms with Crippen LogP contribution in [-0.4, -0.2) is 30.6 Å². The van der Waals surface area contributed by atoms with Crippen molar-refractivity contribution in [3.05, 3.63) is 0 Å². The lowest BCUT2D eigenvalue weighted by Crippen LogP contribution is -2.59.